The summed E-state index contributed by atoms with van der Waals surface area (Å²) >= 11 is 1.66. The van der Waals surface area contributed by atoms with E-state index < -0.39 is 0 Å². The normalized spacial score (nSPS) is 13.1. The van der Waals surface area contributed by atoms with E-state index in [4.69, 9.17) is 14.5 Å². The average molecular weight is 394 g/mol. The molecule has 0 bridgehead atoms. The van der Waals surface area contributed by atoms with Crippen molar-refractivity contribution in [3.8, 4) is 22.1 Å². The summed E-state index contributed by atoms with van der Waals surface area (Å²) in [5.41, 5.74) is 2.78. The molecule has 1 aliphatic rings. The fourth-order valence-corrected chi connectivity index (χ4v) is 4.45. The van der Waals surface area contributed by atoms with Crippen LogP contribution in [0.15, 0.2) is 48.5 Å². The first-order valence-electron chi connectivity index (χ1n) is 9.33. The minimum atomic E-state index is 0.00842. The third-order valence-electron chi connectivity index (χ3n) is 4.77. The second-order valence-electron chi connectivity index (χ2n) is 6.52. The highest BCUT2D eigenvalue weighted by Gasteiger charge is 2.26. The molecule has 0 saturated carbocycles. The lowest BCUT2D eigenvalue weighted by Gasteiger charge is -2.26. The monoisotopic (exact) mass is 394 g/mol. The molecule has 4 rings (SSSR count). The van der Waals surface area contributed by atoms with E-state index in [1.165, 1.54) is 0 Å². The van der Waals surface area contributed by atoms with E-state index in [0.29, 0.717) is 31.0 Å². The number of aromatic nitrogens is 1. The van der Waals surface area contributed by atoms with Gasteiger partial charge in [0.25, 0.3) is 5.91 Å². The summed E-state index contributed by atoms with van der Waals surface area (Å²) in [6, 6.07) is 15.4. The Bertz CT molecular complexity index is 982. The molecule has 6 heteroatoms. The van der Waals surface area contributed by atoms with E-state index >= 15 is 0 Å². The Balaban J connectivity index is 1.55. The van der Waals surface area contributed by atoms with Gasteiger partial charge in [-0.25, -0.2) is 4.98 Å². The van der Waals surface area contributed by atoms with Crippen LogP contribution in [0.1, 0.15) is 27.9 Å². The number of thiazole rings is 1. The van der Waals surface area contributed by atoms with Crippen molar-refractivity contribution < 1.29 is 14.3 Å². The van der Waals surface area contributed by atoms with Crippen molar-refractivity contribution in [3.63, 3.8) is 0 Å². The summed E-state index contributed by atoms with van der Waals surface area (Å²) in [5, 5.41) is 0.983. The highest BCUT2D eigenvalue weighted by Crippen LogP contribution is 2.33. The van der Waals surface area contributed by atoms with Crippen molar-refractivity contribution in [1.82, 2.24) is 9.88 Å². The van der Waals surface area contributed by atoms with Crippen molar-refractivity contribution in [2.75, 3.05) is 20.3 Å². The third-order valence-corrected chi connectivity index (χ3v) is 5.90. The maximum atomic E-state index is 13.1. The molecule has 0 spiro atoms. The number of fused-ring (bicyclic) bond motifs is 1. The van der Waals surface area contributed by atoms with Crippen LogP contribution >= 0.6 is 11.3 Å². The van der Waals surface area contributed by atoms with Gasteiger partial charge in [0.15, 0.2) is 0 Å². The molecule has 1 amide bonds. The molecule has 0 aliphatic carbocycles. The summed E-state index contributed by atoms with van der Waals surface area (Å²) in [6.45, 7) is 3.71. The SMILES string of the molecule is CCOc1ccccc1C(=O)N1CCc2nc(-c3ccc(OC)cc3)sc2C1. The predicted octanol–water partition coefficient (Wildman–Crippen LogP) is 4.42. The second kappa shape index (κ2) is 8.02. The van der Waals surface area contributed by atoms with E-state index in [-0.39, 0.29) is 5.91 Å². The average Bonchev–Trinajstić information content (AvgIpc) is 3.17. The molecule has 5 nitrogen and oxygen atoms in total. The quantitative estimate of drug-likeness (QED) is 0.643. The molecule has 2 aromatic carbocycles. The first kappa shape index (κ1) is 18.5. The van der Waals surface area contributed by atoms with Gasteiger partial charge in [0, 0.05) is 23.4 Å². The zero-order valence-electron chi connectivity index (χ0n) is 16.0. The Kier molecular flexibility index (Phi) is 5.30. The van der Waals surface area contributed by atoms with Crippen LogP contribution in [0.25, 0.3) is 10.6 Å². The summed E-state index contributed by atoms with van der Waals surface area (Å²) in [6.07, 6.45) is 0.768. The van der Waals surface area contributed by atoms with E-state index in [2.05, 4.69) is 0 Å². The van der Waals surface area contributed by atoms with Gasteiger partial charge < -0.3 is 14.4 Å². The van der Waals surface area contributed by atoms with Gasteiger partial charge in [-0.05, 0) is 43.3 Å². The van der Waals surface area contributed by atoms with E-state index in [9.17, 15) is 4.79 Å². The van der Waals surface area contributed by atoms with Gasteiger partial charge in [-0.2, -0.15) is 0 Å². The number of hydrogen-bond acceptors (Lipinski definition) is 5. The smallest absolute Gasteiger partial charge is 0.257 e. The number of methoxy groups -OCH3 is 1. The van der Waals surface area contributed by atoms with Gasteiger partial charge in [0.05, 0.1) is 31.5 Å². The molecule has 0 radical (unpaired) electrons. The number of amides is 1. The van der Waals surface area contributed by atoms with Crippen molar-refractivity contribution in [3.05, 3.63) is 64.7 Å². The van der Waals surface area contributed by atoms with Gasteiger partial charge in [0.1, 0.15) is 16.5 Å². The molecular weight excluding hydrogens is 372 g/mol. The Morgan fingerprint density at radius 2 is 1.96 bits per heavy atom. The van der Waals surface area contributed by atoms with Crippen LogP contribution in [0, 0.1) is 0 Å². The third kappa shape index (κ3) is 3.60. The number of carbonyl (C=O) groups excluding carboxylic acids is 1. The Morgan fingerprint density at radius 3 is 2.71 bits per heavy atom. The molecule has 0 unspecified atom stereocenters. The number of benzene rings is 2. The maximum absolute atomic E-state index is 13.1. The number of nitrogens with zero attached hydrogens (tertiary/aromatic N) is 2. The molecular formula is C22H22N2O3S. The van der Waals surface area contributed by atoms with Crippen LogP contribution in [-0.2, 0) is 13.0 Å². The van der Waals surface area contributed by atoms with E-state index in [1.54, 1.807) is 18.4 Å². The van der Waals surface area contributed by atoms with Crippen molar-refractivity contribution in [2.24, 2.45) is 0 Å². The molecule has 0 fully saturated rings. The number of carbonyl (C=O) groups is 1. The van der Waals surface area contributed by atoms with Crippen LogP contribution in [0.4, 0.5) is 0 Å². The molecule has 0 atom stereocenters. The molecule has 0 N–H and O–H groups in total. The van der Waals surface area contributed by atoms with Gasteiger partial charge in [0.2, 0.25) is 0 Å². The van der Waals surface area contributed by atoms with Gasteiger partial charge in [-0.3, -0.25) is 4.79 Å². The molecule has 2 heterocycles. The lowest BCUT2D eigenvalue weighted by atomic mass is 10.1. The Labute approximate surface area is 168 Å². The van der Waals surface area contributed by atoms with Gasteiger partial charge in [-0.15, -0.1) is 11.3 Å². The fraction of sp³-hybridized carbons (Fsp3) is 0.273. The molecule has 1 aromatic heterocycles. The van der Waals surface area contributed by atoms with Crippen molar-refractivity contribution >= 4 is 17.2 Å². The standard InChI is InChI=1S/C22H22N2O3S/c1-3-27-19-7-5-4-6-17(19)22(25)24-13-12-18-20(14-24)28-21(23-18)15-8-10-16(26-2)11-9-15/h4-11H,3,12-14H2,1-2H3. The van der Waals surface area contributed by atoms with E-state index in [0.717, 1.165) is 33.3 Å². The number of para-hydroxylation sites is 1. The first-order chi connectivity index (χ1) is 13.7. The molecule has 3 aromatic rings. The topological polar surface area (TPSA) is 51.7 Å². The fourth-order valence-electron chi connectivity index (χ4n) is 3.32. The largest absolute Gasteiger partial charge is 0.497 e. The van der Waals surface area contributed by atoms with Crippen LogP contribution in [0.3, 0.4) is 0 Å². The van der Waals surface area contributed by atoms with Crippen molar-refractivity contribution in [2.45, 2.75) is 19.9 Å². The van der Waals surface area contributed by atoms with Gasteiger partial charge in [-0.1, -0.05) is 12.1 Å². The second-order valence-corrected chi connectivity index (χ2v) is 7.61. The molecule has 1 aliphatic heterocycles. The highest BCUT2D eigenvalue weighted by atomic mass is 32.1. The Hall–Kier alpha value is -2.86. The van der Waals surface area contributed by atoms with Crippen LogP contribution < -0.4 is 9.47 Å². The minimum absolute atomic E-state index is 0.00842. The van der Waals surface area contributed by atoms with Crippen LogP contribution in [0.5, 0.6) is 11.5 Å². The van der Waals surface area contributed by atoms with Crippen LogP contribution in [0.2, 0.25) is 0 Å². The zero-order chi connectivity index (χ0) is 19.5. The van der Waals surface area contributed by atoms with Gasteiger partial charge >= 0.3 is 0 Å². The summed E-state index contributed by atoms with van der Waals surface area (Å²) in [5.74, 6) is 1.48. The summed E-state index contributed by atoms with van der Waals surface area (Å²) in [7, 11) is 1.66. The zero-order valence-corrected chi connectivity index (χ0v) is 16.8. The molecule has 144 valence electrons. The predicted molar refractivity (Wildman–Crippen MR) is 110 cm³/mol. The number of rotatable bonds is 5. The Morgan fingerprint density at radius 1 is 1.18 bits per heavy atom. The first-order valence-corrected chi connectivity index (χ1v) is 10.2. The number of ether oxygens (including phenoxy) is 2. The highest BCUT2D eigenvalue weighted by molar-refractivity contribution is 7.15. The number of hydrogen-bond donors (Lipinski definition) is 0. The summed E-state index contributed by atoms with van der Waals surface area (Å²) in [4.78, 5) is 20.9. The summed E-state index contributed by atoms with van der Waals surface area (Å²) < 4.78 is 10.9. The molecule has 28 heavy (non-hydrogen) atoms. The lowest BCUT2D eigenvalue weighted by Crippen LogP contribution is -2.35. The van der Waals surface area contributed by atoms with Crippen LogP contribution in [-0.4, -0.2) is 36.1 Å². The van der Waals surface area contributed by atoms with Crippen molar-refractivity contribution in [1.29, 1.82) is 0 Å². The minimum Gasteiger partial charge on any atom is -0.497 e. The molecule has 0 saturated heterocycles. The maximum Gasteiger partial charge on any atom is 0.257 e. The van der Waals surface area contributed by atoms with E-state index in [1.807, 2.05) is 60.4 Å². The lowest BCUT2D eigenvalue weighted by molar-refractivity contribution is 0.0732.